The Bertz CT molecular complexity index is 1620. The molecule has 3 aromatic heterocycles. The Balaban J connectivity index is 1.56. The zero-order valence-corrected chi connectivity index (χ0v) is 21.1. The molecule has 0 aliphatic heterocycles. The Hall–Kier alpha value is -4.45. The first-order valence-electron chi connectivity index (χ1n) is 12.3. The molecule has 0 radical (unpaired) electrons. The average molecular weight is 492 g/mol. The number of carbonyl (C=O) groups excluding carboxylic acids is 1. The fraction of sp³-hybridized carbons (Fsp3) is 0.321. The highest BCUT2D eigenvalue weighted by Gasteiger charge is 2.51. The van der Waals surface area contributed by atoms with Crippen LogP contribution in [0.3, 0.4) is 0 Å². The third kappa shape index (κ3) is 3.51. The van der Waals surface area contributed by atoms with Crippen molar-refractivity contribution in [2.45, 2.75) is 46.0 Å². The fourth-order valence-corrected chi connectivity index (χ4v) is 6.03. The molecule has 37 heavy (non-hydrogen) atoms. The normalized spacial score (nSPS) is 22.7. The highest BCUT2D eigenvalue weighted by atomic mass is 16.5. The van der Waals surface area contributed by atoms with E-state index in [0.717, 1.165) is 46.6 Å². The molecule has 0 amide bonds. The molecule has 184 valence electrons. The van der Waals surface area contributed by atoms with Crippen LogP contribution in [0.25, 0.3) is 28.4 Å². The molecule has 4 aromatic rings. The van der Waals surface area contributed by atoms with Crippen molar-refractivity contribution in [3.63, 3.8) is 0 Å². The minimum Gasteiger partial charge on any atom is -0.332 e. The van der Waals surface area contributed by atoms with Gasteiger partial charge in [0.15, 0.2) is 17.3 Å². The van der Waals surface area contributed by atoms with Crippen molar-refractivity contribution in [2.24, 2.45) is 11.8 Å². The molecule has 2 aliphatic rings. The summed E-state index contributed by atoms with van der Waals surface area (Å²) in [6.45, 7) is 7.73. The zero-order chi connectivity index (χ0) is 25.9. The highest BCUT2D eigenvalue weighted by Crippen LogP contribution is 2.52. The van der Waals surface area contributed by atoms with Crippen LogP contribution < -0.4 is 0 Å². The lowest BCUT2D eigenvalue weighted by atomic mass is 9.58. The van der Waals surface area contributed by atoms with Gasteiger partial charge in [0, 0.05) is 22.5 Å². The third-order valence-corrected chi connectivity index (χ3v) is 7.77. The molecule has 0 fully saturated rings. The lowest BCUT2D eigenvalue weighted by Gasteiger charge is -2.45. The molecular formula is C28H25N7O2. The molecule has 0 spiro atoms. The number of hydrogen-bond donors (Lipinski definition) is 0. The molecular weight excluding hydrogens is 466 g/mol. The Morgan fingerprint density at radius 3 is 2.65 bits per heavy atom. The second-order valence-corrected chi connectivity index (χ2v) is 10.1. The first-order valence-corrected chi connectivity index (χ1v) is 12.3. The van der Waals surface area contributed by atoms with Gasteiger partial charge in [0.1, 0.15) is 6.07 Å². The van der Waals surface area contributed by atoms with Crippen LogP contribution in [0.15, 0.2) is 52.7 Å². The van der Waals surface area contributed by atoms with Gasteiger partial charge in [-0.1, -0.05) is 37.2 Å². The summed E-state index contributed by atoms with van der Waals surface area (Å²) in [5.41, 5.74) is 5.95. The van der Waals surface area contributed by atoms with E-state index in [1.54, 1.807) is 13.1 Å². The van der Waals surface area contributed by atoms with E-state index in [0.29, 0.717) is 17.4 Å². The van der Waals surface area contributed by atoms with Gasteiger partial charge in [0.2, 0.25) is 0 Å². The number of nitrogens with zero attached hydrogens (tertiary/aromatic N) is 7. The van der Waals surface area contributed by atoms with Crippen molar-refractivity contribution >= 4 is 5.78 Å². The number of aryl methyl sites for hydroxylation is 2. The maximum Gasteiger partial charge on any atom is 0.278 e. The summed E-state index contributed by atoms with van der Waals surface area (Å²) in [6, 6.07) is 12.2. The molecule has 0 saturated carbocycles. The predicted molar refractivity (Wildman–Crippen MR) is 134 cm³/mol. The van der Waals surface area contributed by atoms with Gasteiger partial charge in [0.25, 0.3) is 5.89 Å². The predicted octanol–water partition coefficient (Wildman–Crippen LogP) is 4.49. The number of benzene rings is 1. The van der Waals surface area contributed by atoms with Crippen molar-refractivity contribution < 1.29 is 9.32 Å². The second kappa shape index (κ2) is 8.30. The molecule has 3 heterocycles. The molecule has 9 nitrogen and oxygen atoms in total. The van der Waals surface area contributed by atoms with Crippen molar-refractivity contribution in [3.05, 3.63) is 71.0 Å². The lowest BCUT2D eigenvalue weighted by molar-refractivity contribution is -0.121. The van der Waals surface area contributed by atoms with Crippen LogP contribution in [0, 0.1) is 37.0 Å². The number of nitriles is 1. The summed E-state index contributed by atoms with van der Waals surface area (Å²) in [7, 11) is 0. The van der Waals surface area contributed by atoms with Crippen molar-refractivity contribution in [1.82, 2.24) is 30.1 Å². The molecule has 6 rings (SSSR count). The maximum absolute atomic E-state index is 12.9. The van der Waals surface area contributed by atoms with Crippen LogP contribution in [-0.2, 0) is 16.6 Å². The fourth-order valence-electron chi connectivity index (χ4n) is 6.03. The van der Waals surface area contributed by atoms with Gasteiger partial charge in [0.05, 0.1) is 28.8 Å². The van der Waals surface area contributed by atoms with Gasteiger partial charge >= 0.3 is 0 Å². The second-order valence-electron chi connectivity index (χ2n) is 10.1. The summed E-state index contributed by atoms with van der Waals surface area (Å²) < 4.78 is 7.45. The Labute approximate surface area is 213 Å². The molecule has 1 aromatic carbocycles. The number of aromatic nitrogens is 6. The number of rotatable bonds is 3. The SMILES string of the molecule is Cc1cc(-c2ccc(-n3nc(-c4nc(C)no4)c4c3[C@]3(C)C=C(C#N)C(=O)[C@H](C)[C@H]3CC4)cc2)cnn1. The summed E-state index contributed by atoms with van der Waals surface area (Å²) in [4.78, 5) is 17.3. The topological polar surface area (TPSA) is 123 Å². The first-order chi connectivity index (χ1) is 17.8. The monoisotopic (exact) mass is 491 g/mol. The van der Waals surface area contributed by atoms with Gasteiger partial charge in [-0.2, -0.15) is 25.5 Å². The van der Waals surface area contributed by atoms with Crippen LogP contribution in [0.1, 0.15) is 43.0 Å². The molecule has 0 saturated heterocycles. The summed E-state index contributed by atoms with van der Waals surface area (Å²) >= 11 is 0. The summed E-state index contributed by atoms with van der Waals surface area (Å²) in [5, 5.41) is 26.8. The number of allylic oxidation sites excluding steroid dienone is 2. The number of hydrogen-bond acceptors (Lipinski definition) is 8. The van der Waals surface area contributed by atoms with Crippen LogP contribution in [0.5, 0.6) is 0 Å². The first kappa shape index (κ1) is 23.0. The van der Waals surface area contributed by atoms with Gasteiger partial charge in [-0.25, -0.2) is 4.68 Å². The molecule has 3 atom stereocenters. The largest absolute Gasteiger partial charge is 0.332 e. The number of ketones is 1. The minimum absolute atomic E-state index is 0.0439. The Morgan fingerprint density at radius 2 is 1.97 bits per heavy atom. The number of Topliss-reactive ketones (excluding diaryl/α,β-unsaturated/α-hetero) is 1. The van der Waals surface area contributed by atoms with Crippen LogP contribution in [0.2, 0.25) is 0 Å². The summed E-state index contributed by atoms with van der Waals surface area (Å²) in [5.74, 6) is 0.599. The van der Waals surface area contributed by atoms with Crippen molar-refractivity contribution in [1.29, 1.82) is 5.26 Å². The zero-order valence-electron chi connectivity index (χ0n) is 21.1. The van der Waals surface area contributed by atoms with E-state index in [9.17, 15) is 10.1 Å². The van der Waals surface area contributed by atoms with Crippen LogP contribution in [0.4, 0.5) is 0 Å². The highest BCUT2D eigenvalue weighted by molar-refractivity contribution is 6.02. The quantitative estimate of drug-likeness (QED) is 0.411. The van der Waals surface area contributed by atoms with E-state index < -0.39 is 5.41 Å². The van der Waals surface area contributed by atoms with E-state index in [-0.39, 0.29) is 23.2 Å². The number of carbonyl (C=O) groups is 1. The summed E-state index contributed by atoms with van der Waals surface area (Å²) in [6.07, 6.45) is 5.11. The van der Waals surface area contributed by atoms with Crippen molar-refractivity contribution in [2.75, 3.05) is 0 Å². The average Bonchev–Trinajstić information content (AvgIpc) is 3.50. The Kier molecular flexibility index (Phi) is 5.16. The van der Waals surface area contributed by atoms with E-state index in [4.69, 9.17) is 9.62 Å². The van der Waals surface area contributed by atoms with Gasteiger partial charge in [-0.05, 0) is 56.4 Å². The minimum atomic E-state index is -0.572. The van der Waals surface area contributed by atoms with Crippen LogP contribution in [-0.4, -0.2) is 35.9 Å². The molecule has 0 bridgehead atoms. The Morgan fingerprint density at radius 1 is 1.19 bits per heavy atom. The van der Waals surface area contributed by atoms with Crippen molar-refractivity contribution in [3.8, 4) is 34.5 Å². The lowest BCUT2D eigenvalue weighted by Crippen LogP contribution is -2.46. The molecule has 0 unspecified atom stereocenters. The molecule has 9 heteroatoms. The van der Waals surface area contributed by atoms with Gasteiger partial charge in [-0.3, -0.25) is 4.79 Å². The smallest absolute Gasteiger partial charge is 0.278 e. The molecule has 2 aliphatic carbocycles. The van der Waals surface area contributed by atoms with E-state index >= 15 is 0 Å². The van der Waals surface area contributed by atoms with E-state index in [1.165, 1.54) is 0 Å². The van der Waals surface area contributed by atoms with Gasteiger partial charge in [-0.15, -0.1) is 0 Å². The van der Waals surface area contributed by atoms with Gasteiger partial charge < -0.3 is 4.52 Å². The molecule has 0 N–H and O–H groups in total. The van der Waals surface area contributed by atoms with Crippen LogP contribution >= 0.6 is 0 Å². The van der Waals surface area contributed by atoms with E-state index in [2.05, 4.69) is 33.3 Å². The maximum atomic E-state index is 12.9. The third-order valence-electron chi connectivity index (χ3n) is 7.77. The van der Waals surface area contributed by atoms with E-state index in [1.807, 2.05) is 54.9 Å². The number of fused-ring (bicyclic) bond motifs is 3. The standard InChI is InChI=1S/C28H25N7O2/c1-15-11-19(14-30-32-15)18-5-7-21(8-6-18)35-26-22(24(33-35)27-31-17(3)34-37-27)9-10-23-16(2)25(36)20(13-29)12-28(23,26)4/h5-8,11-12,14,16,23H,9-10H2,1-4H3/t16-,23-,28-/m1/s1.